The van der Waals surface area contributed by atoms with E-state index in [9.17, 15) is 13.6 Å². The lowest BCUT2D eigenvalue weighted by Gasteiger charge is -2.19. The molecule has 1 aliphatic carbocycles. The Morgan fingerprint density at radius 3 is 2.53 bits per heavy atom. The number of fused-ring (bicyclic) bond motifs is 1. The van der Waals surface area contributed by atoms with E-state index in [4.69, 9.17) is 5.73 Å². The fourth-order valence-electron chi connectivity index (χ4n) is 3.39. The Hall–Kier alpha value is -3.47. The number of carbonyl (C=O) groups excluding carboxylic acids is 1. The van der Waals surface area contributed by atoms with E-state index in [1.165, 1.54) is 18.5 Å². The van der Waals surface area contributed by atoms with Crippen LogP contribution in [0.15, 0.2) is 36.9 Å². The standard InChI is InChI=1S/C18H17F2N5O.C2H6.C2H2/c19-12-4-10(6-22-7-12)11-5-16-17(24-15-3-1-2-14(15)20)13(18(21)26)8-23-25(16)9-11;2*1-2/h4-9,14-15,24H,1-3H2,(H2,21,26);1-2H3;1-2H/t14-,15+;;/m0../s1. The van der Waals surface area contributed by atoms with E-state index in [2.05, 4.69) is 28.2 Å². The van der Waals surface area contributed by atoms with Crippen molar-refractivity contribution in [3.05, 3.63) is 48.3 Å². The molecule has 0 spiro atoms. The number of hydrogen-bond acceptors (Lipinski definition) is 4. The summed E-state index contributed by atoms with van der Waals surface area (Å²) in [5, 5.41) is 7.33. The predicted molar refractivity (Wildman–Crippen MR) is 114 cm³/mol. The number of rotatable bonds is 4. The number of nitrogens with one attached hydrogen (secondary N) is 1. The first kappa shape index (κ1) is 22.8. The van der Waals surface area contributed by atoms with Gasteiger partial charge in [0.15, 0.2) is 0 Å². The third-order valence-corrected chi connectivity index (χ3v) is 4.70. The Kier molecular flexibility index (Phi) is 7.87. The summed E-state index contributed by atoms with van der Waals surface area (Å²) in [6.07, 6.45) is 14.7. The van der Waals surface area contributed by atoms with Crippen molar-refractivity contribution in [1.82, 2.24) is 14.6 Å². The summed E-state index contributed by atoms with van der Waals surface area (Å²) in [5.41, 5.74) is 7.93. The lowest BCUT2D eigenvalue weighted by Crippen LogP contribution is -2.27. The van der Waals surface area contributed by atoms with Crippen molar-refractivity contribution in [1.29, 1.82) is 0 Å². The first-order valence-electron chi connectivity index (χ1n) is 9.69. The zero-order valence-electron chi connectivity index (χ0n) is 17.0. The molecule has 0 saturated heterocycles. The third-order valence-electron chi connectivity index (χ3n) is 4.70. The summed E-state index contributed by atoms with van der Waals surface area (Å²) < 4.78 is 29.1. The number of carbonyl (C=O) groups is 1. The minimum Gasteiger partial charge on any atom is -0.377 e. The lowest BCUT2D eigenvalue weighted by molar-refractivity contribution is 0.100. The highest BCUT2D eigenvalue weighted by Crippen LogP contribution is 2.32. The van der Waals surface area contributed by atoms with Crippen LogP contribution in [0.4, 0.5) is 14.5 Å². The number of pyridine rings is 1. The van der Waals surface area contributed by atoms with E-state index in [-0.39, 0.29) is 11.6 Å². The van der Waals surface area contributed by atoms with Crippen LogP contribution in [0.5, 0.6) is 0 Å². The van der Waals surface area contributed by atoms with E-state index < -0.39 is 17.9 Å². The van der Waals surface area contributed by atoms with Crippen molar-refractivity contribution in [2.75, 3.05) is 5.32 Å². The van der Waals surface area contributed by atoms with Gasteiger partial charge in [0.1, 0.15) is 12.0 Å². The number of amides is 1. The number of nitrogens with zero attached hydrogens (tertiary/aromatic N) is 3. The molecule has 8 heteroatoms. The maximum Gasteiger partial charge on any atom is 0.252 e. The first-order valence-corrected chi connectivity index (χ1v) is 9.69. The summed E-state index contributed by atoms with van der Waals surface area (Å²) in [5.74, 6) is -1.10. The molecule has 30 heavy (non-hydrogen) atoms. The molecule has 0 aliphatic heterocycles. The number of alkyl halides is 1. The minimum atomic E-state index is -0.981. The molecular formula is C22H25F2N5O. The van der Waals surface area contributed by atoms with Gasteiger partial charge in [0, 0.05) is 23.5 Å². The molecule has 0 bridgehead atoms. The van der Waals surface area contributed by atoms with Gasteiger partial charge in [0.25, 0.3) is 5.91 Å². The van der Waals surface area contributed by atoms with E-state index >= 15 is 0 Å². The number of terminal acetylenes is 1. The summed E-state index contributed by atoms with van der Waals surface area (Å²) in [7, 11) is 0. The van der Waals surface area contributed by atoms with Gasteiger partial charge in [-0.2, -0.15) is 5.10 Å². The average molecular weight is 413 g/mol. The maximum absolute atomic E-state index is 14.1. The number of nitrogens with two attached hydrogens (primary N) is 1. The summed E-state index contributed by atoms with van der Waals surface area (Å²) in [4.78, 5) is 15.7. The average Bonchev–Trinajstić information content (AvgIpc) is 3.37. The maximum atomic E-state index is 14.1. The number of anilines is 1. The fraction of sp³-hybridized carbons (Fsp3) is 0.318. The summed E-state index contributed by atoms with van der Waals surface area (Å²) in [6.45, 7) is 4.00. The van der Waals surface area contributed by atoms with Gasteiger partial charge in [-0.1, -0.05) is 13.8 Å². The van der Waals surface area contributed by atoms with Crippen LogP contribution < -0.4 is 11.1 Å². The van der Waals surface area contributed by atoms with Crippen molar-refractivity contribution >= 4 is 17.1 Å². The molecule has 6 nitrogen and oxygen atoms in total. The van der Waals surface area contributed by atoms with Crippen LogP contribution in [-0.4, -0.2) is 32.7 Å². The SMILES string of the molecule is C#C.CC.NC(=O)c1cnn2cc(-c3cncc(F)c3)cc2c1N[C@@H]1CCC[C@@H]1F. The van der Waals surface area contributed by atoms with Crippen molar-refractivity contribution in [3.63, 3.8) is 0 Å². The van der Waals surface area contributed by atoms with E-state index in [0.717, 1.165) is 12.6 Å². The Labute approximate surface area is 174 Å². The van der Waals surface area contributed by atoms with Gasteiger partial charge in [-0.25, -0.2) is 13.3 Å². The Balaban J connectivity index is 0.000000757. The van der Waals surface area contributed by atoms with Gasteiger partial charge >= 0.3 is 0 Å². The molecule has 1 saturated carbocycles. The third kappa shape index (κ3) is 4.74. The summed E-state index contributed by atoms with van der Waals surface area (Å²) >= 11 is 0. The Morgan fingerprint density at radius 1 is 1.20 bits per heavy atom. The molecule has 0 aromatic carbocycles. The van der Waals surface area contributed by atoms with Crippen LogP contribution in [0, 0.1) is 18.7 Å². The van der Waals surface area contributed by atoms with Crippen LogP contribution in [0.25, 0.3) is 16.6 Å². The molecule has 2 atom stereocenters. The number of halogens is 2. The summed E-state index contributed by atoms with van der Waals surface area (Å²) in [6, 6.07) is 2.73. The number of hydrogen-bond donors (Lipinski definition) is 2. The van der Waals surface area contributed by atoms with Gasteiger partial charge in [-0.15, -0.1) is 12.8 Å². The van der Waals surface area contributed by atoms with Gasteiger partial charge in [-0.05, 0) is 31.4 Å². The zero-order chi connectivity index (χ0) is 22.3. The van der Waals surface area contributed by atoms with Crippen molar-refractivity contribution in [3.8, 4) is 24.0 Å². The second-order valence-corrected chi connectivity index (χ2v) is 6.45. The molecule has 3 N–H and O–H groups in total. The van der Waals surface area contributed by atoms with Crippen LogP contribution >= 0.6 is 0 Å². The minimum absolute atomic E-state index is 0.193. The molecule has 1 fully saturated rings. The zero-order valence-corrected chi connectivity index (χ0v) is 17.0. The van der Waals surface area contributed by atoms with Gasteiger partial charge in [-0.3, -0.25) is 9.78 Å². The molecular weight excluding hydrogens is 388 g/mol. The smallest absolute Gasteiger partial charge is 0.252 e. The topological polar surface area (TPSA) is 85.3 Å². The Morgan fingerprint density at radius 2 is 1.93 bits per heavy atom. The van der Waals surface area contributed by atoms with Crippen molar-refractivity contribution in [2.24, 2.45) is 5.73 Å². The highest BCUT2D eigenvalue weighted by molar-refractivity contribution is 6.02. The molecule has 1 aliphatic rings. The highest BCUT2D eigenvalue weighted by atomic mass is 19.1. The van der Waals surface area contributed by atoms with Crippen LogP contribution in [0.1, 0.15) is 43.5 Å². The molecule has 3 heterocycles. The molecule has 158 valence electrons. The number of aromatic nitrogens is 3. The predicted octanol–water partition coefficient (Wildman–Crippen LogP) is 4.21. The fourth-order valence-corrected chi connectivity index (χ4v) is 3.39. The first-order chi connectivity index (χ1) is 14.5. The number of primary amides is 1. The largest absolute Gasteiger partial charge is 0.377 e. The highest BCUT2D eigenvalue weighted by Gasteiger charge is 2.29. The van der Waals surface area contributed by atoms with E-state index in [1.54, 1.807) is 16.8 Å². The molecule has 3 aromatic rings. The Bertz CT molecular complexity index is 1030. The van der Waals surface area contributed by atoms with E-state index in [0.29, 0.717) is 35.2 Å². The van der Waals surface area contributed by atoms with Gasteiger partial charge in [0.05, 0.1) is 35.2 Å². The van der Waals surface area contributed by atoms with Gasteiger partial charge in [0.2, 0.25) is 0 Å². The second-order valence-electron chi connectivity index (χ2n) is 6.45. The van der Waals surface area contributed by atoms with E-state index in [1.807, 2.05) is 13.8 Å². The van der Waals surface area contributed by atoms with Gasteiger partial charge < -0.3 is 11.1 Å². The quantitative estimate of drug-likeness (QED) is 0.628. The lowest BCUT2D eigenvalue weighted by atomic mass is 10.1. The molecule has 1 amide bonds. The molecule has 0 radical (unpaired) electrons. The molecule has 4 rings (SSSR count). The molecule has 3 aromatic heterocycles. The molecule has 0 unspecified atom stereocenters. The van der Waals surface area contributed by atoms with Crippen LogP contribution in [0.3, 0.4) is 0 Å². The van der Waals surface area contributed by atoms with Crippen molar-refractivity contribution in [2.45, 2.75) is 45.3 Å². The van der Waals surface area contributed by atoms with Crippen LogP contribution in [-0.2, 0) is 0 Å². The normalized spacial score (nSPS) is 17.4. The second kappa shape index (κ2) is 10.3. The van der Waals surface area contributed by atoms with Crippen molar-refractivity contribution < 1.29 is 13.6 Å². The van der Waals surface area contributed by atoms with Crippen LogP contribution in [0.2, 0.25) is 0 Å². The monoisotopic (exact) mass is 413 g/mol.